The van der Waals surface area contributed by atoms with Crippen LogP contribution in [0.25, 0.3) is 0 Å². The van der Waals surface area contributed by atoms with Gasteiger partial charge < -0.3 is 10.6 Å². The van der Waals surface area contributed by atoms with Crippen LogP contribution in [0.15, 0.2) is 24.3 Å². The first-order valence-corrected chi connectivity index (χ1v) is 9.29. The van der Waals surface area contributed by atoms with Gasteiger partial charge in [-0.3, -0.25) is 13.9 Å². The fourth-order valence-electron chi connectivity index (χ4n) is 2.46. The third-order valence-electron chi connectivity index (χ3n) is 3.88. The van der Waals surface area contributed by atoms with Crippen LogP contribution in [0.4, 0.5) is 11.4 Å². The second-order valence-corrected chi connectivity index (χ2v) is 7.86. The monoisotopic (exact) mass is 337 g/mol. The van der Waals surface area contributed by atoms with Crippen LogP contribution in [0.5, 0.6) is 0 Å². The predicted octanol–water partition coefficient (Wildman–Crippen LogP) is 0.834. The number of nitrogens with one attached hydrogen (secondary N) is 2. The minimum absolute atomic E-state index is 0.125. The molecule has 1 saturated heterocycles. The van der Waals surface area contributed by atoms with Crippen molar-refractivity contribution in [1.82, 2.24) is 5.32 Å². The van der Waals surface area contributed by atoms with E-state index in [0.717, 1.165) is 19.3 Å². The molecule has 1 aromatic carbocycles. The van der Waals surface area contributed by atoms with Gasteiger partial charge in [0.1, 0.15) is 0 Å². The molecular weight excluding hydrogens is 318 g/mol. The molecule has 124 valence electrons. The van der Waals surface area contributed by atoms with Gasteiger partial charge in [0.15, 0.2) is 0 Å². The molecule has 0 bridgehead atoms. The number of amides is 2. The molecule has 2 fully saturated rings. The van der Waals surface area contributed by atoms with Gasteiger partial charge in [-0.2, -0.15) is 0 Å². The first-order chi connectivity index (χ1) is 11.0. The van der Waals surface area contributed by atoms with Gasteiger partial charge >= 0.3 is 11.8 Å². The number of rotatable bonds is 3. The smallest absolute Gasteiger partial charge is 0.313 e. The molecule has 3 rings (SSSR count). The Kier molecular flexibility index (Phi) is 4.25. The maximum atomic E-state index is 12.0. The second-order valence-electron chi connectivity index (χ2n) is 5.84. The molecule has 0 radical (unpaired) electrons. The van der Waals surface area contributed by atoms with Crippen LogP contribution in [0, 0.1) is 0 Å². The highest BCUT2D eigenvalue weighted by atomic mass is 32.2. The number of hydrogen-bond donors (Lipinski definition) is 2. The molecule has 1 saturated carbocycles. The Hall–Kier alpha value is -2.09. The van der Waals surface area contributed by atoms with Crippen molar-refractivity contribution in [2.75, 3.05) is 21.9 Å². The van der Waals surface area contributed by atoms with Gasteiger partial charge in [-0.05, 0) is 49.9 Å². The molecule has 2 amide bonds. The van der Waals surface area contributed by atoms with Crippen molar-refractivity contribution in [1.29, 1.82) is 0 Å². The van der Waals surface area contributed by atoms with Crippen molar-refractivity contribution in [3.63, 3.8) is 0 Å². The average molecular weight is 337 g/mol. The largest absolute Gasteiger partial charge is 0.345 e. The van der Waals surface area contributed by atoms with Crippen molar-refractivity contribution < 1.29 is 18.0 Å². The first kappa shape index (κ1) is 15.8. The number of carbonyl (C=O) groups is 2. The summed E-state index contributed by atoms with van der Waals surface area (Å²) in [6, 6.07) is 6.60. The highest BCUT2D eigenvalue weighted by Crippen LogP contribution is 2.25. The third-order valence-corrected chi connectivity index (χ3v) is 5.75. The van der Waals surface area contributed by atoms with E-state index < -0.39 is 21.8 Å². The summed E-state index contributed by atoms with van der Waals surface area (Å²) < 4.78 is 25.5. The fraction of sp³-hybridized carbons (Fsp3) is 0.467. The molecule has 7 nitrogen and oxygen atoms in total. The average Bonchev–Trinajstić information content (AvgIpc) is 3.32. The quantitative estimate of drug-likeness (QED) is 0.799. The van der Waals surface area contributed by atoms with Crippen molar-refractivity contribution in [2.45, 2.75) is 31.7 Å². The van der Waals surface area contributed by atoms with Gasteiger partial charge in [0.25, 0.3) is 0 Å². The molecule has 1 aromatic rings. The van der Waals surface area contributed by atoms with Crippen LogP contribution in [0.1, 0.15) is 25.7 Å². The molecule has 1 heterocycles. The van der Waals surface area contributed by atoms with E-state index in [2.05, 4.69) is 10.6 Å². The van der Waals surface area contributed by atoms with E-state index in [1.807, 2.05) is 0 Å². The van der Waals surface area contributed by atoms with E-state index in [-0.39, 0.29) is 11.8 Å². The van der Waals surface area contributed by atoms with Gasteiger partial charge in [-0.25, -0.2) is 8.42 Å². The lowest BCUT2D eigenvalue weighted by atomic mass is 10.2. The van der Waals surface area contributed by atoms with E-state index in [1.165, 1.54) is 4.31 Å². The predicted molar refractivity (Wildman–Crippen MR) is 86.6 cm³/mol. The fourth-order valence-corrected chi connectivity index (χ4v) is 4.10. The Morgan fingerprint density at radius 1 is 1.04 bits per heavy atom. The van der Waals surface area contributed by atoms with E-state index in [4.69, 9.17) is 0 Å². The van der Waals surface area contributed by atoms with Gasteiger partial charge in [0.2, 0.25) is 10.0 Å². The topological polar surface area (TPSA) is 95.6 Å². The summed E-state index contributed by atoms with van der Waals surface area (Å²) in [6.45, 7) is 0.470. The summed E-state index contributed by atoms with van der Waals surface area (Å²) in [5, 5.41) is 5.12. The van der Waals surface area contributed by atoms with Gasteiger partial charge in [-0.15, -0.1) is 0 Å². The summed E-state index contributed by atoms with van der Waals surface area (Å²) in [7, 11) is -3.25. The molecule has 0 unspecified atom stereocenters. The Balaban J connectivity index is 1.64. The van der Waals surface area contributed by atoms with Crippen LogP contribution < -0.4 is 14.9 Å². The van der Waals surface area contributed by atoms with Crippen molar-refractivity contribution in [2.24, 2.45) is 0 Å². The lowest BCUT2D eigenvalue weighted by Crippen LogP contribution is -2.38. The number of carbonyl (C=O) groups excluding carboxylic acids is 2. The first-order valence-electron chi connectivity index (χ1n) is 7.68. The molecule has 2 N–H and O–H groups in total. The van der Waals surface area contributed by atoms with Crippen molar-refractivity contribution >= 4 is 33.2 Å². The maximum Gasteiger partial charge on any atom is 0.313 e. The highest BCUT2D eigenvalue weighted by Gasteiger charge is 2.27. The number of benzene rings is 1. The molecule has 1 aliphatic carbocycles. The Bertz CT molecular complexity index is 711. The van der Waals surface area contributed by atoms with Crippen LogP contribution in [-0.2, 0) is 19.6 Å². The number of anilines is 2. The van der Waals surface area contributed by atoms with Gasteiger partial charge in [0, 0.05) is 18.3 Å². The van der Waals surface area contributed by atoms with Crippen LogP contribution in [-0.4, -0.2) is 38.6 Å². The van der Waals surface area contributed by atoms with Gasteiger partial charge in [-0.1, -0.05) is 0 Å². The molecule has 1 aliphatic heterocycles. The molecule has 0 aromatic heterocycles. The van der Waals surface area contributed by atoms with Crippen molar-refractivity contribution in [3.8, 4) is 0 Å². The van der Waals surface area contributed by atoms with Crippen LogP contribution in [0.2, 0.25) is 0 Å². The summed E-state index contributed by atoms with van der Waals surface area (Å²) in [5.74, 6) is -1.20. The van der Waals surface area contributed by atoms with E-state index in [1.54, 1.807) is 24.3 Å². The lowest BCUT2D eigenvalue weighted by Gasteiger charge is -2.28. The van der Waals surface area contributed by atoms with Gasteiger partial charge in [0.05, 0.1) is 11.4 Å². The second kappa shape index (κ2) is 6.19. The molecule has 2 aliphatic rings. The standard InChI is InChI=1S/C15H19N3O4S/c19-14(16-11-3-4-11)15(20)17-12-5-7-13(8-6-12)18-9-1-2-10-23(18,21)22/h5-8,11H,1-4,9-10H2,(H,16,19)(H,17,20). The summed E-state index contributed by atoms with van der Waals surface area (Å²) in [5.41, 5.74) is 1.03. The summed E-state index contributed by atoms with van der Waals surface area (Å²) in [4.78, 5) is 23.3. The van der Waals surface area contributed by atoms with E-state index >= 15 is 0 Å². The minimum Gasteiger partial charge on any atom is -0.345 e. The highest BCUT2D eigenvalue weighted by molar-refractivity contribution is 7.92. The Morgan fingerprint density at radius 2 is 1.74 bits per heavy atom. The summed E-state index contributed by atoms with van der Waals surface area (Å²) >= 11 is 0. The Morgan fingerprint density at radius 3 is 2.35 bits per heavy atom. The van der Waals surface area contributed by atoms with Crippen molar-refractivity contribution in [3.05, 3.63) is 24.3 Å². The van der Waals surface area contributed by atoms with E-state index in [9.17, 15) is 18.0 Å². The molecule has 0 atom stereocenters. The zero-order valence-electron chi connectivity index (χ0n) is 12.6. The SMILES string of the molecule is O=C(Nc1ccc(N2CCCCS2(=O)=O)cc1)C(=O)NC1CC1. The minimum atomic E-state index is -3.25. The number of hydrogen-bond acceptors (Lipinski definition) is 4. The van der Waals surface area contributed by atoms with Crippen LogP contribution in [0.3, 0.4) is 0 Å². The zero-order chi connectivity index (χ0) is 16.4. The number of nitrogens with zero attached hydrogens (tertiary/aromatic N) is 1. The lowest BCUT2D eigenvalue weighted by molar-refractivity contribution is -0.136. The third kappa shape index (κ3) is 3.82. The maximum absolute atomic E-state index is 12.0. The molecule has 23 heavy (non-hydrogen) atoms. The number of sulfonamides is 1. The Labute approximate surface area is 135 Å². The zero-order valence-corrected chi connectivity index (χ0v) is 13.4. The van der Waals surface area contributed by atoms with Crippen LogP contribution >= 0.6 is 0 Å². The molecule has 8 heteroatoms. The van der Waals surface area contributed by atoms with E-state index in [0.29, 0.717) is 24.3 Å². The molecular formula is C15H19N3O4S. The normalized spacial score (nSPS) is 19.9. The summed E-state index contributed by atoms with van der Waals surface area (Å²) in [6.07, 6.45) is 3.35. The molecule has 0 spiro atoms.